The van der Waals surface area contributed by atoms with Gasteiger partial charge in [-0.25, -0.2) is 14.0 Å². The monoisotopic (exact) mass is 691 g/mol. The van der Waals surface area contributed by atoms with Gasteiger partial charge in [0.15, 0.2) is 0 Å². The number of nitrogens with zero attached hydrogens (tertiary/aromatic N) is 3. The van der Waals surface area contributed by atoms with Crippen LogP contribution in [0.4, 0.5) is 20.6 Å². The number of fused-ring (bicyclic) bond motifs is 3. The highest BCUT2D eigenvalue weighted by atomic mass is 19.1. The third-order valence-electron chi connectivity index (χ3n) is 10.7. The van der Waals surface area contributed by atoms with E-state index < -0.39 is 64.3 Å². The van der Waals surface area contributed by atoms with Gasteiger partial charge in [0.25, 0.3) is 10.9 Å². The Morgan fingerprint density at radius 3 is 2.62 bits per heavy atom. The van der Waals surface area contributed by atoms with Crippen LogP contribution in [0.15, 0.2) is 39.9 Å². The molecule has 3 fully saturated rings. The van der Waals surface area contributed by atoms with E-state index in [-0.39, 0.29) is 50.0 Å². The van der Waals surface area contributed by atoms with Crippen molar-refractivity contribution in [2.75, 3.05) is 36.5 Å². The fourth-order valence-electron chi connectivity index (χ4n) is 7.65. The van der Waals surface area contributed by atoms with E-state index in [0.29, 0.717) is 43.5 Å². The first kappa shape index (κ1) is 33.7. The molecule has 266 valence electrons. The molecule has 4 heterocycles. The van der Waals surface area contributed by atoms with E-state index in [4.69, 9.17) is 9.47 Å². The van der Waals surface area contributed by atoms with E-state index in [0.717, 1.165) is 25.7 Å². The number of halogens is 1. The van der Waals surface area contributed by atoms with Crippen molar-refractivity contribution < 1.29 is 33.0 Å². The second-order valence-corrected chi connectivity index (χ2v) is 14.0. The molecule has 2 N–H and O–H groups in total. The van der Waals surface area contributed by atoms with E-state index in [1.165, 1.54) is 15.9 Å². The van der Waals surface area contributed by atoms with Crippen LogP contribution in [0, 0.1) is 11.7 Å². The highest BCUT2D eigenvalue weighted by molar-refractivity contribution is 5.97. The van der Waals surface area contributed by atoms with Gasteiger partial charge < -0.3 is 29.9 Å². The van der Waals surface area contributed by atoms with Crippen LogP contribution in [-0.2, 0) is 36.9 Å². The first-order valence-corrected chi connectivity index (χ1v) is 17.6. The quantitative estimate of drug-likeness (QED) is 0.262. The van der Waals surface area contributed by atoms with Gasteiger partial charge in [-0.05, 0) is 50.7 Å². The van der Waals surface area contributed by atoms with Crippen molar-refractivity contribution in [3.63, 3.8) is 0 Å². The fraction of sp³-hybridized carbons (Fsp3) is 0.556. The standard InChI is InChI=1S/C36H42FN5O8/c1-2-49-34(47)36-17-22(36)11-6-4-3-5-7-13-26(38-28-29(31(44)30(28)43)40-14-9-15-40)33(46)42-19-23(16-27(42)32(45)39-36)50-35(48)41-18-21-10-8-12-25(37)24(21)20-41/h6,8,10-12,22-23,26-27,38H,2-5,7,9,13-20H2,1H3,(H,39,45)/b11-6-/t22-,23-,26+,27?,36-/m1/s1. The second kappa shape index (κ2) is 13.5. The zero-order valence-electron chi connectivity index (χ0n) is 28.1. The number of benzene rings is 1. The summed E-state index contributed by atoms with van der Waals surface area (Å²) in [5, 5.41) is 5.99. The number of carbonyl (C=O) groups is 4. The molecule has 1 aliphatic carbocycles. The van der Waals surface area contributed by atoms with Crippen molar-refractivity contribution in [3.05, 3.63) is 67.7 Å². The van der Waals surface area contributed by atoms with Gasteiger partial charge in [0, 0.05) is 37.5 Å². The molecule has 0 spiro atoms. The van der Waals surface area contributed by atoms with Gasteiger partial charge in [0.1, 0.15) is 40.9 Å². The van der Waals surface area contributed by atoms with Gasteiger partial charge in [-0.15, -0.1) is 0 Å². The van der Waals surface area contributed by atoms with Crippen molar-refractivity contribution in [1.82, 2.24) is 15.1 Å². The molecule has 5 atom stereocenters. The van der Waals surface area contributed by atoms with Crippen LogP contribution >= 0.6 is 0 Å². The highest BCUT2D eigenvalue weighted by Crippen LogP contribution is 2.46. The molecule has 14 heteroatoms. The van der Waals surface area contributed by atoms with E-state index in [2.05, 4.69) is 10.6 Å². The Labute approximate surface area is 288 Å². The van der Waals surface area contributed by atoms with E-state index in [1.807, 2.05) is 17.1 Å². The molecule has 3 amide bonds. The number of esters is 1. The molecule has 2 aromatic carbocycles. The smallest absolute Gasteiger partial charge is 0.410 e. The van der Waals surface area contributed by atoms with Crippen molar-refractivity contribution in [2.24, 2.45) is 5.92 Å². The molecular weight excluding hydrogens is 649 g/mol. The normalized spacial score (nSPS) is 28.7. The summed E-state index contributed by atoms with van der Waals surface area (Å²) in [4.78, 5) is 84.9. The Morgan fingerprint density at radius 2 is 1.88 bits per heavy atom. The molecule has 50 heavy (non-hydrogen) atoms. The Bertz CT molecular complexity index is 1800. The minimum Gasteiger partial charge on any atom is -0.464 e. The van der Waals surface area contributed by atoms with Crippen LogP contribution in [0.3, 0.4) is 0 Å². The lowest BCUT2D eigenvalue weighted by Crippen LogP contribution is -2.56. The van der Waals surface area contributed by atoms with Crippen LogP contribution in [0.1, 0.15) is 69.4 Å². The molecule has 2 aromatic rings. The molecule has 4 aliphatic heterocycles. The van der Waals surface area contributed by atoms with Gasteiger partial charge in [-0.1, -0.05) is 37.1 Å². The van der Waals surface area contributed by atoms with E-state index in [9.17, 15) is 33.2 Å². The number of carbonyl (C=O) groups excluding carboxylic acids is 4. The van der Waals surface area contributed by atoms with Crippen molar-refractivity contribution in [3.8, 4) is 0 Å². The maximum atomic E-state index is 14.5. The van der Waals surface area contributed by atoms with Crippen LogP contribution < -0.4 is 26.4 Å². The molecule has 13 nitrogen and oxygen atoms in total. The van der Waals surface area contributed by atoms with E-state index >= 15 is 0 Å². The summed E-state index contributed by atoms with van der Waals surface area (Å²) in [5.74, 6) is -2.29. The third-order valence-corrected chi connectivity index (χ3v) is 10.7. The predicted octanol–water partition coefficient (Wildman–Crippen LogP) is 2.49. The van der Waals surface area contributed by atoms with Crippen molar-refractivity contribution in [1.29, 1.82) is 0 Å². The summed E-state index contributed by atoms with van der Waals surface area (Å²) in [6, 6.07) is 2.62. The zero-order chi connectivity index (χ0) is 35.2. The number of anilines is 2. The van der Waals surface area contributed by atoms with Crippen LogP contribution in [0.2, 0.25) is 0 Å². The Morgan fingerprint density at radius 1 is 1.06 bits per heavy atom. The van der Waals surface area contributed by atoms with Gasteiger partial charge in [-0.3, -0.25) is 24.1 Å². The average molecular weight is 692 g/mol. The third kappa shape index (κ3) is 6.13. The van der Waals surface area contributed by atoms with Crippen molar-refractivity contribution in [2.45, 2.75) is 95.1 Å². The predicted molar refractivity (Wildman–Crippen MR) is 179 cm³/mol. The number of nitrogens with one attached hydrogen (secondary N) is 2. The second-order valence-electron chi connectivity index (χ2n) is 14.0. The van der Waals surface area contributed by atoms with Crippen LogP contribution in [0.5, 0.6) is 0 Å². The van der Waals surface area contributed by atoms with Gasteiger partial charge in [0.05, 0.1) is 19.7 Å². The maximum Gasteiger partial charge on any atom is 0.410 e. The summed E-state index contributed by atoms with van der Waals surface area (Å²) in [5.41, 5.74) is -1.04. The number of allylic oxidation sites excluding steroid dienone is 1. The Hall–Kier alpha value is -4.75. The molecular formula is C36H42FN5O8. The minimum atomic E-state index is -1.27. The lowest BCUT2D eigenvalue weighted by atomic mass is 10.0. The number of hydrogen-bond acceptors (Lipinski definition) is 10. The van der Waals surface area contributed by atoms with Crippen LogP contribution in [0.25, 0.3) is 0 Å². The summed E-state index contributed by atoms with van der Waals surface area (Å²) in [7, 11) is 0. The average Bonchev–Trinajstić information content (AvgIpc) is 3.38. The highest BCUT2D eigenvalue weighted by Gasteiger charge is 2.62. The first-order valence-electron chi connectivity index (χ1n) is 17.6. The summed E-state index contributed by atoms with van der Waals surface area (Å²) in [6.45, 7) is 3.19. The molecule has 0 aromatic heterocycles. The number of rotatable bonds is 6. The molecule has 2 saturated heterocycles. The molecule has 0 radical (unpaired) electrons. The molecule has 7 rings (SSSR count). The van der Waals surface area contributed by atoms with Gasteiger partial charge in [0.2, 0.25) is 11.8 Å². The fourth-order valence-corrected chi connectivity index (χ4v) is 7.65. The Kier molecular flexibility index (Phi) is 9.12. The zero-order valence-corrected chi connectivity index (χ0v) is 28.1. The summed E-state index contributed by atoms with van der Waals surface area (Å²) < 4.78 is 25.6. The lowest BCUT2D eigenvalue weighted by Gasteiger charge is -2.36. The van der Waals surface area contributed by atoms with Gasteiger partial charge in [-0.2, -0.15) is 0 Å². The summed E-state index contributed by atoms with van der Waals surface area (Å²) >= 11 is 0. The minimum absolute atomic E-state index is 0.0320. The number of hydrogen-bond donors (Lipinski definition) is 2. The van der Waals surface area contributed by atoms with Crippen LogP contribution in [-0.4, -0.2) is 83.6 Å². The maximum absolute atomic E-state index is 14.5. The SMILES string of the molecule is CCOC(=O)[C@@]12C[C@H]1/C=C\CCCCC[C@H](Nc1c(N3CCC3)c(=O)c1=O)C(=O)N1C[C@H](OC(=O)N3Cc4cccc(F)c4C3)CC1C(=O)N2. The molecule has 1 unspecified atom stereocenters. The Balaban J connectivity index is 1.15. The number of ether oxygens (including phenoxy) is 2. The molecule has 1 saturated carbocycles. The molecule has 0 bridgehead atoms. The largest absolute Gasteiger partial charge is 0.464 e. The lowest BCUT2D eigenvalue weighted by molar-refractivity contribution is -0.150. The van der Waals surface area contributed by atoms with Crippen molar-refractivity contribution >= 4 is 35.3 Å². The molecule has 5 aliphatic rings. The first-order chi connectivity index (χ1) is 24.1. The topological polar surface area (TPSA) is 155 Å². The van der Waals surface area contributed by atoms with Gasteiger partial charge >= 0.3 is 12.1 Å². The van der Waals surface area contributed by atoms with E-state index in [1.54, 1.807) is 19.1 Å². The summed E-state index contributed by atoms with van der Waals surface area (Å²) in [6.07, 6.45) is 6.90. The number of amides is 3.